The fourth-order valence-electron chi connectivity index (χ4n) is 3.92. The van der Waals surface area contributed by atoms with Crippen LogP contribution in [-0.4, -0.2) is 37.8 Å². The number of thiophene rings is 1. The van der Waals surface area contributed by atoms with Crippen molar-refractivity contribution in [3.8, 4) is 6.07 Å². The molecule has 1 amide bonds. The number of benzene rings is 2. The monoisotopic (exact) mass is 529 g/mol. The number of esters is 1. The van der Waals surface area contributed by atoms with E-state index >= 15 is 0 Å². The highest BCUT2D eigenvalue weighted by atomic mass is 35.5. The van der Waals surface area contributed by atoms with Crippen LogP contribution in [0.3, 0.4) is 0 Å². The summed E-state index contributed by atoms with van der Waals surface area (Å²) in [6.45, 7) is -0.371. The van der Waals surface area contributed by atoms with Gasteiger partial charge in [-0.2, -0.15) is 9.57 Å². The topological polar surface area (TPSA) is 117 Å². The molecule has 0 bridgehead atoms. The van der Waals surface area contributed by atoms with E-state index in [9.17, 15) is 23.3 Å². The molecule has 0 aliphatic carbocycles. The van der Waals surface area contributed by atoms with Gasteiger partial charge in [0, 0.05) is 11.6 Å². The standard InChI is InChI=1S/C24H20ClN3O5S2/c25-18-8-7-17(14-26)20(12-18)27-22(29)15-33-23(30)13-21-19-5-2-1-4-16(19)9-10-28(21)35(31,32)24-6-3-11-34-24/h1-8,11-12,21H,9-10,13,15H2,(H,27,29)/t21-/m0/s1. The number of nitrogens with one attached hydrogen (secondary N) is 1. The predicted molar refractivity (Wildman–Crippen MR) is 131 cm³/mol. The summed E-state index contributed by atoms with van der Waals surface area (Å²) in [5.74, 6) is -1.37. The van der Waals surface area contributed by atoms with Crippen LogP contribution in [0.15, 0.2) is 64.2 Å². The molecule has 1 atom stereocenters. The number of ether oxygens (including phenoxy) is 1. The van der Waals surface area contributed by atoms with Crippen LogP contribution in [0.2, 0.25) is 5.02 Å². The predicted octanol–water partition coefficient (Wildman–Crippen LogP) is 4.13. The van der Waals surface area contributed by atoms with Crippen molar-refractivity contribution in [3.05, 3.63) is 81.7 Å². The molecule has 1 aromatic heterocycles. The third-order valence-corrected chi connectivity index (χ3v) is 9.04. The molecule has 0 radical (unpaired) electrons. The number of sulfonamides is 1. The Hall–Kier alpha value is -3.23. The van der Waals surface area contributed by atoms with Crippen molar-refractivity contribution in [2.24, 2.45) is 0 Å². The van der Waals surface area contributed by atoms with Crippen LogP contribution in [0.4, 0.5) is 5.69 Å². The number of amides is 1. The van der Waals surface area contributed by atoms with E-state index in [4.69, 9.17) is 16.3 Å². The number of fused-ring (bicyclic) bond motifs is 1. The van der Waals surface area contributed by atoms with E-state index < -0.39 is 34.5 Å². The molecule has 0 saturated carbocycles. The molecule has 0 spiro atoms. The summed E-state index contributed by atoms with van der Waals surface area (Å²) in [5, 5.41) is 13.7. The molecule has 2 heterocycles. The van der Waals surface area contributed by atoms with Crippen molar-refractivity contribution in [3.63, 3.8) is 0 Å². The van der Waals surface area contributed by atoms with Gasteiger partial charge in [0.05, 0.1) is 23.7 Å². The third-order valence-electron chi connectivity index (χ3n) is 5.52. The fourth-order valence-corrected chi connectivity index (χ4v) is 6.82. The first-order valence-corrected chi connectivity index (χ1v) is 13.3. The number of rotatable bonds is 7. The van der Waals surface area contributed by atoms with E-state index in [1.807, 2.05) is 18.2 Å². The highest BCUT2D eigenvalue weighted by Crippen LogP contribution is 2.37. The summed E-state index contributed by atoms with van der Waals surface area (Å²) < 4.78 is 33.3. The molecule has 4 rings (SSSR count). The lowest BCUT2D eigenvalue weighted by Gasteiger charge is -2.35. The van der Waals surface area contributed by atoms with Gasteiger partial charge in [-0.3, -0.25) is 9.59 Å². The Bertz CT molecular complexity index is 1400. The van der Waals surface area contributed by atoms with Gasteiger partial charge in [-0.25, -0.2) is 8.42 Å². The molecule has 0 unspecified atom stereocenters. The molecule has 180 valence electrons. The molecule has 8 nitrogen and oxygen atoms in total. The molecular formula is C24H20ClN3O5S2. The smallest absolute Gasteiger partial charge is 0.308 e. The number of carbonyl (C=O) groups excluding carboxylic acids is 2. The lowest BCUT2D eigenvalue weighted by molar-refractivity contribution is -0.148. The van der Waals surface area contributed by atoms with Crippen LogP contribution in [-0.2, 0) is 30.8 Å². The first-order chi connectivity index (χ1) is 16.8. The third kappa shape index (κ3) is 5.55. The second kappa shape index (κ2) is 10.6. The second-order valence-corrected chi connectivity index (χ2v) is 11.2. The Morgan fingerprint density at radius 1 is 1.20 bits per heavy atom. The van der Waals surface area contributed by atoms with Crippen LogP contribution >= 0.6 is 22.9 Å². The minimum atomic E-state index is -3.82. The molecule has 2 aromatic carbocycles. The number of halogens is 1. The molecule has 1 N–H and O–H groups in total. The zero-order valence-corrected chi connectivity index (χ0v) is 20.7. The number of nitrogens with zero attached hydrogens (tertiary/aromatic N) is 2. The highest BCUT2D eigenvalue weighted by Gasteiger charge is 2.38. The Morgan fingerprint density at radius 2 is 2.00 bits per heavy atom. The molecule has 3 aromatic rings. The summed E-state index contributed by atoms with van der Waals surface area (Å²) in [6, 6.07) is 16.2. The first-order valence-electron chi connectivity index (χ1n) is 10.6. The van der Waals surface area contributed by atoms with Gasteiger partial charge < -0.3 is 10.1 Å². The zero-order chi connectivity index (χ0) is 25.0. The van der Waals surface area contributed by atoms with Crippen LogP contribution in [0.25, 0.3) is 0 Å². The maximum atomic E-state index is 13.3. The van der Waals surface area contributed by atoms with E-state index in [0.717, 1.165) is 22.5 Å². The summed E-state index contributed by atoms with van der Waals surface area (Å²) in [6.07, 6.45) is 0.269. The van der Waals surface area contributed by atoms with Crippen molar-refractivity contribution in [2.75, 3.05) is 18.5 Å². The van der Waals surface area contributed by atoms with Crippen molar-refractivity contribution >= 4 is 50.5 Å². The Balaban J connectivity index is 1.48. The van der Waals surface area contributed by atoms with E-state index in [1.54, 1.807) is 23.6 Å². The number of anilines is 1. The van der Waals surface area contributed by atoms with E-state index in [-0.39, 0.29) is 28.4 Å². The summed E-state index contributed by atoms with van der Waals surface area (Å²) in [5.41, 5.74) is 2.11. The Labute approximate surface area is 211 Å². The van der Waals surface area contributed by atoms with Gasteiger partial charge in [0.2, 0.25) is 0 Å². The molecule has 11 heteroatoms. The Kier molecular flexibility index (Phi) is 7.52. The molecular weight excluding hydrogens is 510 g/mol. The van der Waals surface area contributed by atoms with Crippen LogP contribution < -0.4 is 5.32 Å². The molecule has 0 saturated heterocycles. The normalized spacial score (nSPS) is 15.6. The number of hydrogen-bond acceptors (Lipinski definition) is 7. The van der Waals surface area contributed by atoms with Gasteiger partial charge in [0.25, 0.3) is 15.9 Å². The maximum absolute atomic E-state index is 13.3. The van der Waals surface area contributed by atoms with Crippen molar-refractivity contribution in [1.29, 1.82) is 5.26 Å². The largest absolute Gasteiger partial charge is 0.456 e. The molecule has 0 fully saturated rings. The van der Waals surface area contributed by atoms with Crippen LogP contribution in [0.1, 0.15) is 29.2 Å². The van der Waals surface area contributed by atoms with E-state index in [2.05, 4.69) is 5.32 Å². The van der Waals surface area contributed by atoms with Crippen LogP contribution in [0.5, 0.6) is 0 Å². The zero-order valence-electron chi connectivity index (χ0n) is 18.3. The SMILES string of the molecule is N#Cc1ccc(Cl)cc1NC(=O)COC(=O)C[C@H]1c2ccccc2CCN1S(=O)(=O)c1cccs1. The Morgan fingerprint density at radius 3 is 2.74 bits per heavy atom. The van der Waals surface area contributed by atoms with Crippen molar-refractivity contribution < 1.29 is 22.7 Å². The summed E-state index contributed by atoms with van der Waals surface area (Å²) in [7, 11) is -3.82. The number of hydrogen-bond donors (Lipinski definition) is 1. The number of nitriles is 1. The van der Waals surface area contributed by atoms with E-state index in [0.29, 0.717) is 11.4 Å². The van der Waals surface area contributed by atoms with Gasteiger partial charge in [-0.15, -0.1) is 11.3 Å². The first kappa shape index (κ1) is 24.9. The fraction of sp³-hybridized carbons (Fsp3) is 0.208. The lowest BCUT2D eigenvalue weighted by Crippen LogP contribution is -2.41. The average Bonchev–Trinajstić information content (AvgIpc) is 3.39. The molecule has 1 aliphatic heterocycles. The summed E-state index contributed by atoms with van der Waals surface area (Å²) >= 11 is 7.04. The van der Waals surface area contributed by atoms with Gasteiger partial charge >= 0.3 is 5.97 Å². The number of carbonyl (C=O) groups is 2. The van der Waals surface area contributed by atoms with Gasteiger partial charge in [-0.1, -0.05) is 41.9 Å². The lowest BCUT2D eigenvalue weighted by atomic mass is 9.92. The van der Waals surface area contributed by atoms with Crippen LogP contribution in [0, 0.1) is 11.3 Å². The maximum Gasteiger partial charge on any atom is 0.308 e. The van der Waals surface area contributed by atoms with Crippen molar-refractivity contribution in [1.82, 2.24) is 4.31 Å². The second-order valence-electron chi connectivity index (χ2n) is 7.73. The van der Waals surface area contributed by atoms with E-state index in [1.165, 1.54) is 28.6 Å². The minimum absolute atomic E-state index is 0.199. The molecule has 35 heavy (non-hydrogen) atoms. The average molecular weight is 530 g/mol. The van der Waals surface area contributed by atoms with Crippen molar-refractivity contribution in [2.45, 2.75) is 23.1 Å². The minimum Gasteiger partial charge on any atom is -0.456 e. The van der Waals surface area contributed by atoms with Gasteiger partial charge in [0.1, 0.15) is 10.3 Å². The summed E-state index contributed by atoms with van der Waals surface area (Å²) in [4.78, 5) is 25.0. The quantitative estimate of drug-likeness (QED) is 0.460. The van der Waals surface area contributed by atoms with Gasteiger partial charge in [0.15, 0.2) is 6.61 Å². The highest BCUT2D eigenvalue weighted by molar-refractivity contribution is 7.91. The molecule has 1 aliphatic rings. The van der Waals surface area contributed by atoms with Gasteiger partial charge in [-0.05, 0) is 47.2 Å².